The van der Waals surface area contributed by atoms with Crippen LogP contribution in [0.25, 0.3) is 6.08 Å². The summed E-state index contributed by atoms with van der Waals surface area (Å²) in [5.41, 5.74) is 7.74. The lowest BCUT2D eigenvalue weighted by Gasteiger charge is -2.15. The summed E-state index contributed by atoms with van der Waals surface area (Å²) in [5, 5.41) is 9.29. The van der Waals surface area contributed by atoms with E-state index in [4.69, 9.17) is 5.73 Å². The summed E-state index contributed by atoms with van der Waals surface area (Å²) in [6.45, 7) is 5.36. The van der Waals surface area contributed by atoms with Crippen molar-refractivity contribution < 1.29 is 5.11 Å². The molecule has 2 heteroatoms. The van der Waals surface area contributed by atoms with E-state index in [0.29, 0.717) is 0 Å². The fraction of sp³-hybridized carbons (Fsp3) is 0.273. The normalized spacial score (nSPS) is 15.0. The SMILES string of the molecule is C=Cc1cccc([C@@H](N)[C@H](C)O)c1. The van der Waals surface area contributed by atoms with E-state index in [1.165, 1.54) is 0 Å². The molecule has 0 aliphatic heterocycles. The fourth-order valence-electron chi connectivity index (χ4n) is 1.17. The Morgan fingerprint density at radius 3 is 2.77 bits per heavy atom. The number of aliphatic hydroxyl groups excluding tert-OH is 1. The van der Waals surface area contributed by atoms with Crippen LogP contribution in [0.3, 0.4) is 0 Å². The van der Waals surface area contributed by atoms with Gasteiger partial charge in [-0.25, -0.2) is 0 Å². The Labute approximate surface area is 78.7 Å². The first-order valence-corrected chi connectivity index (χ1v) is 4.31. The molecule has 0 fully saturated rings. The third-order valence-electron chi connectivity index (χ3n) is 2.05. The van der Waals surface area contributed by atoms with Crippen molar-refractivity contribution in [2.24, 2.45) is 5.73 Å². The highest BCUT2D eigenvalue weighted by molar-refractivity contribution is 5.48. The first-order valence-electron chi connectivity index (χ1n) is 4.31. The lowest BCUT2D eigenvalue weighted by molar-refractivity contribution is 0.164. The molecule has 70 valence electrons. The molecule has 1 aromatic rings. The van der Waals surface area contributed by atoms with Crippen LogP contribution in [0.4, 0.5) is 0 Å². The Kier molecular flexibility index (Phi) is 3.23. The minimum Gasteiger partial charge on any atom is -0.391 e. The second kappa shape index (κ2) is 4.21. The summed E-state index contributed by atoms with van der Waals surface area (Å²) in [6, 6.07) is 7.38. The molecular weight excluding hydrogens is 162 g/mol. The maximum atomic E-state index is 9.29. The molecule has 2 atom stereocenters. The minimum atomic E-state index is -0.528. The molecule has 1 aromatic carbocycles. The van der Waals surface area contributed by atoms with Crippen LogP contribution < -0.4 is 5.73 Å². The van der Waals surface area contributed by atoms with E-state index >= 15 is 0 Å². The molecule has 1 rings (SSSR count). The number of nitrogens with two attached hydrogens (primary N) is 1. The van der Waals surface area contributed by atoms with Crippen molar-refractivity contribution in [3.63, 3.8) is 0 Å². The Balaban J connectivity index is 2.94. The predicted molar refractivity (Wildman–Crippen MR) is 55.1 cm³/mol. The van der Waals surface area contributed by atoms with Gasteiger partial charge in [0.2, 0.25) is 0 Å². The Morgan fingerprint density at radius 1 is 1.54 bits per heavy atom. The van der Waals surface area contributed by atoms with Crippen LogP contribution in [-0.4, -0.2) is 11.2 Å². The second-order valence-electron chi connectivity index (χ2n) is 3.14. The quantitative estimate of drug-likeness (QED) is 0.738. The summed E-state index contributed by atoms with van der Waals surface area (Å²) in [6.07, 6.45) is 1.23. The monoisotopic (exact) mass is 177 g/mol. The van der Waals surface area contributed by atoms with E-state index in [1.807, 2.05) is 24.3 Å². The van der Waals surface area contributed by atoms with Crippen LogP contribution >= 0.6 is 0 Å². The first-order chi connectivity index (χ1) is 6.15. The first kappa shape index (κ1) is 9.96. The van der Waals surface area contributed by atoms with E-state index in [9.17, 15) is 5.11 Å². The van der Waals surface area contributed by atoms with E-state index in [1.54, 1.807) is 13.0 Å². The molecule has 0 aromatic heterocycles. The number of benzene rings is 1. The summed E-state index contributed by atoms with van der Waals surface area (Å²) in [5.74, 6) is 0. The largest absolute Gasteiger partial charge is 0.391 e. The molecule has 0 saturated carbocycles. The zero-order chi connectivity index (χ0) is 9.84. The van der Waals surface area contributed by atoms with Gasteiger partial charge in [0.05, 0.1) is 12.1 Å². The highest BCUT2D eigenvalue weighted by Gasteiger charge is 2.11. The fourth-order valence-corrected chi connectivity index (χ4v) is 1.17. The zero-order valence-corrected chi connectivity index (χ0v) is 7.77. The maximum Gasteiger partial charge on any atom is 0.0704 e. The highest BCUT2D eigenvalue weighted by atomic mass is 16.3. The van der Waals surface area contributed by atoms with Gasteiger partial charge in [-0.1, -0.05) is 36.9 Å². The van der Waals surface area contributed by atoms with E-state index in [2.05, 4.69) is 6.58 Å². The Morgan fingerprint density at radius 2 is 2.23 bits per heavy atom. The average Bonchev–Trinajstić information content (AvgIpc) is 2.16. The van der Waals surface area contributed by atoms with Gasteiger partial charge in [-0.05, 0) is 18.1 Å². The van der Waals surface area contributed by atoms with Gasteiger partial charge >= 0.3 is 0 Å². The summed E-state index contributed by atoms with van der Waals surface area (Å²) >= 11 is 0. The number of hydrogen-bond acceptors (Lipinski definition) is 2. The van der Waals surface area contributed by atoms with Crippen LogP contribution in [0.15, 0.2) is 30.8 Å². The van der Waals surface area contributed by atoms with Crippen LogP contribution in [0.2, 0.25) is 0 Å². The molecular formula is C11H15NO. The van der Waals surface area contributed by atoms with Crippen molar-refractivity contribution in [1.29, 1.82) is 0 Å². The molecule has 0 aliphatic rings. The minimum absolute atomic E-state index is 0.320. The lowest BCUT2D eigenvalue weighted by atomic mass is 10.0. The maximum absolute atomic E-state index is 9.29. The van der Waals surface area contributed by atoms with Gasteiger partial charge < -0.3 is 10.8 Å². The van der Waals surface area contributed by atoms with Gasteiger partial charge in [0.25, 0.3) is 0 Å². The van der Waals surface area contributed by atoms with Crippen LogP contribution in [0, 0.1) is 0 Å². The van der Waals surface area contributed by atoms with Crippen molar-refractivity contribution in [2.45, 2.75) is 19.1 Å². The van der Waals surface area contributed by atoms with E-state index in [-0.39, 0.29) is 6.04 Å². The molecule has 0 bridgehead atoms. The van der Waals surface area contributed by atoms with Crippen molar-refractivity contribution in [1.82, 2.24) is 0 Å². The number of aliphatic hydroxyl groups is 1. The van der Waals surface area contributed by atoms with Crippen molar-refractivity contribution in [2.75, 3.05) is 0 Å². The topological polar surface area (TPSA) is 46.2 Å². The second-order valence-corrected chi connectivity index (χ2v) is 3.14. The Hall–Kier alpha value is -1.12. The standard InChI is InChI=1S/C11H15NO/c1-3-9-5-4-6-10(7-9)11(12)8(2)13/h3-8,11,13H,1,12H2,2H3/t8-,11-/m0/s1. The van der Waals surface area contributed by atoms with Crippen molar-refractivity contribution in [3.8, 4) is 0 Å². The van der Waals surface area contributed by atoms with E-state index < -0.39 is 6.10 Å². The molecule has 0 saturated heterocycles. The van der Waals surface area contributed by atoms with E-state index in [0.717, 1.165) is 11.1 Å². The molecule has 0 amide bonds. The van der Waals surface area contributed by atoms with Crippen LogP contribution in [0.5, 0.6) is 0 Å². The molecule has 0 unspecified atom stereocenters. The number of hydrogen-bond donors (Lipinski definition) is 2. The van der Waals surface area contributed by atoms with Crippen molar-refractivity contribution >= 4 is 6.08 Å². The van der Waals surface area contributed by atoms with Gasteiger partial charge in [0.15, 0.2) is 0 Å². The highest BCUT2D eigenvalue weighted by Crippen LogP contribution is 2.15. The summed E-state index contributed by atoms with van der Waals surface area (Å²) < 4.78 is 0. The average molecular weight is 177 g/mol. The molecule has 13 heavy (non-hydrogen) atoms. The number of rotatable bonds is 3. The lowest BCUT2D eigenvalue weighted by Crippen LogP contribution is -2.23. The van der Waals surface area contributed by atoms with Crippen LogP contribution in [-0.2, 0) is 0 Å². The van der Waals surface area contributed by atoms with Crippen LogP contribution in [0.1, 0.15) is 24.1 Å². The zero-order valence-electron chi connectivity index (χ0n) is 7.77. The molecule has 0 spiro atoms. The summed E-state index contributed by atoms with van der Waals surface area (Å²) in [7, 11) is 0. The third-order valence-corrected chi connectivity index (χ3v) is 2.05. The molecule has 0 radical (unpaired) electrons. The van der Waals surface area contributed by atoms with Gasteiger partial charge in [0.1, 0.15) is 0 Å². The molecule has 2 nitrogen and oxygen atoms in total. The third kappa shape index (κ3) is 2.41. The molecule has 0 heterocycles. The molecule has 0 aliphatic carbocycles. The predicted octanol–water partition coefficient (Wildman–Crippen LogP) is 1.71. The van der Waals surface area contributed by atoms with Gasteiger partial charge in [-0.3, -0.25) is 0 Å². The molecule has 3 N–H and O–H groups in total. The van der Waals surface area contributed by atoms with Gasteiger partial charge in [0, 0.05) is 0 Å². The van der Waals surface area contributed by atoms with Gasteiger partial charge in [-0.2, -0.15) is 0 Å². The smallest absolute Gasteiger partial charge is 0.0704 e. The summed E-state index contributed by atoms with van der Waals surface area (Å²) in [4.78, 5) is 0. The van der Waals surface area contributed by atoms with Crippen molar-refractivity contribution in [3.05, 3.63) is 42.0 Å². The Bertz CT molecular complexity index is 294. The van der Waals surface area contributed by atoms with Gasteiger partial charge in [-0.15, -0.1) is 0 Å².